The normalized spacial score (nSPS) is 19.9. The van der Waals surface area contributed by atoms with Gasteiger partial charge in [0.2, 0.25) is 25.9 Å². The fourth-order valence-corrected chi connectivity index (χ4v) is 7.62. The Balaban J connectivity index is 1.58. The molecule has 2 aliphatic rings. The fourth-order valence-electron chi connectivity index (χ4n) is 4.75. The first-order valence-corrected chi connectivity index (χ1v) is 14.2. The van der Waals surface area contributed by atoms with E-state index in [0.717, 1.165) is 18.5 Å². The van der Waals surface area contributed by atoms with Crippen LogP contribution in [-0.2, 0) is 20.0 Å². The molecule has 0 saturated carbocycles. The molecule has 0 spiro atoms. The molecule has 2 fully saturated rings. The van der Waals surface area contributed by atoms with Crippen molar-refractivity contribution >= 4 is 25.7 Å². The van der Waals surface area contributed by atoms with E-state index in [0.29, 0.717) is 38.3 Å². The fraction of sp³-hybridized carbons (Fsp3) is 0.474. The van der Waals surface area contributed by atoms with Gasteiger partial charge >= 0.3 is 0 Å². The number of primary sulfonamides is 1. The lowest BCUT2D eigenvalue weighted by Gasteiger charge is -2.34. The van der Waals surface area contributed by atoms with Gasteiger partial charge in [-0.1, -0.05) is 0 Å². The molecule has 188 valence electrons. The Hall–Kier alpha value is -2.92. The summed E-state index contributed by atoms with van der Waals surface area (Å²) in [5.41, 5.74) is 1.52. The van der Waals surface area contributed by atoms with Gasteiger partial charge in [0.15, 0.2) is 0 Å². The SMILES string of the molecule is NS(=O)(=O)c1c(S(=O)(=O)N[C@@H]2CCNC2)ccc(N2CCC(c3cnc[nH]3)CC2)c1-c1nn[nH]n1. The molecule has 2 aromatic heterocycles. The first-order chi connectivity index (χ1) is 16.7. The molecule has 35 heavy (non-hydrogen) atoms. The number of benzene rings is 1. The molecule has 16 heteroatoms. The number of aromatic nitrogens is 6. The Kier molecular flexibility index (Phi) is 6.30. The highest BCUT2D eigenvalue weighted by atomic mass is 32.2. The van der Waals surface area contributed by atoms with Crippen LogP contribution in [0.2, 0.25) is 0 Å². The largest absolute Gasteiger partial charge is 0.371 e. The zero-order valence-corrected chi connectivity index (χ0v) is 20.3. The summed E-state index contributed by atoms with van der Waals surface area (Å²) in [6, 6.07) is 2.51. The van der Waals surface area contributed by atoms with E-state index in [4.69, 9.17) is 5.14 Å². The predicted molar refractivity (Wildman–Crippen MR) is 125 cm³/mol. The molecular weight excluding hydrogens is 496 g/mol. The number of rotatable bonds is 7. The molecule has 0 bridgehead atoms. The van der Waals surface area contributed by atoms with E-state index in [-0.39, 0.29) is 23.3 Å². The standard InChI is InChI=1S/C19H26N10O4S2/c20-34(30,31)18-16(35(32,33)26-13-3-6-21-9-13)2-1-15(17(18)19-24-27-28-25-19)29-7-4-12(5-8-29)14-10-22-11-23-14/h1-2,10-13,21,26H,3-9H2,(H,22,23)(H2,20,30,31)(H,24,25,27,28)/t13-/m1/s1. The zero-order chi connectivity index (χ0) is 24.6. The van der Waals surface area contributed by atoms with Gasteiger partial charge in [-0.15, -0.1) is 10.2 Å². The van der Waals surface area contributed by atoms with Crippen molar-refractivity contribution in [1.29, 1.82) is 0 Å². The maximum Gasteiger partial charge on any atom is 0.242 e. The van der Waals surface area contributed by atoms with Crippen molar-refractivity contribution in [3.8, 4) is 11.4 Å². The van der Waals surface area contributed by atoms with Gasteiger partial charge in [-0.2, -0.15) is 5.21 Å². The number of sulfonamides is 2. The Labute approximate surface area is 202 Å². The molecule has 0 unspecified atom stereocenters. The maximum absolute atomic E-state index is 13.3. The van der Waals surface area contributed by atoms with Gasteiger partial charge in [0, 0.05) is 49.2 Å². The molecule has 4 heterocycles. The van der Waals surface area contributed by atoms with E-state index in [1.807, 2.05) is 4.90 Å². The lowest BCUT2D eigenvalue weighted by molar-refractivity contribution is 0.497. The first kappa shape index (κ1) is 23.8. The molecule has 1 aromatic carbocycles. The highest BCUT2D eigenvalue weighted by molar-refractivity contribution is 7.92. The minimum atomic E-state index is -4.51. The molecule has 0 aliphatic carbocycles. The van der Waals surface area contributed by atoms with Crippen LogP contribution >= 0.6 is 0 Å². The van der Waals surface area contributed by atoms with Gasteiger partial charge < -0.3 is 15.2 Å². The Morgan fingerprint density at radius 1 is 1.11 bits per heavy atom. The third kappa shape index (κ3) is 4.79. The van der Waals surface area contributed by atoms with Crippen molar-refractivity contribution < 1.29 is 16.8 Å². The summed E-state index contributed by atoms with van der Waals surface area (Å²) >= 11 is 0. The molecule has 2 aliphatic heterocycles. The second-order valence-corrected chi connectivity index (χ2v) is 11.8. The molecule has 0 radical (unpaired) electrons. The average Bonchev–Trinajstić information content (AvgIpc) is 3.61. The van der Waals surface area contributed by atoms with Crippen LogP contribution in [0.3, 0.4) is 0 Å². The van der Waals surface area contributed by atoms with Gasteiger partial charge in [-0.25, -0.2) is 31.7 Å². The minimum Gasteiger partial charge on any atom is -0.371 e. The van der Waals surface area contributed by atoms with E-state index in [1.165, 1.54) is 6.07 Å². The van der Waals surface area contributed by atoms with Crippen molar-refractivity contribution in [1.82, 2.24) is 40.6 Å². The van der Waals surface area contributed by atoms with Crippen molar-refractivity contribution in [2.45, 2.75) is 41.0 Å². The summed E-state index contributed by atoms with van der Waals surface area (Å²) in [6.07, 6.45) is 5.61. The number of hydrogen-bond acceptors (Lipinski definition) is 10. The van der Waals surface area contributed by atoms with E-state index in [9.17, 15) is 16.8 Å². The summed E-state index contributed by atoms with van der Waals surface area (Å²) in [5.74, 6) is 0.225. The van der Waals surface area contributed by atoms with Crippen LogP contribution in [-0.4, -0.2) is 79.6 Å². The topological polar surface area (TPSA) is 205 Å². The summed E-state index contributed by atoms with van der Waals surface area (Å²) in [6.45, 7) is 2.30. The van der Waals surface area contributed by atoms with Crippen LogP contribution in [0.5, 0.6) is 0 Å². The second kappa shape index (κ2) is 9.27. The number of nitrogens with two attached hydrogens (primary N) is 1. The molecule has 6 N–H and O–H groups in total. The highest BCUT2D eigenvalue weighted by Gasteiger charge is 2.35. The van der Waals surface area contributed by atoms with E-state index in [1.54, 1.807) is 18.6 Å². The number of anilines is 1. The van der Waals surface area contributed by atoms with Gasteiger partial charge in [0.1, 0.15) is 9.79 Å². The Morgan fingerprint density at radius 2 is 1.91 bits per heavy atom. The lowest BCUT2D eigenvalue weighted by Crippen LogP contribution is -2.37. The quantitative estimate of drug-likeness (QED) is 0.263. The van der Waals surface area contributed by atoms with E-state index in [2.05, 4.69) is 40.6 Å². The Morgan fingerprint density at radius 3 is 2.51 bits per heavy atom. The lowest BCUT2D eigenvalue weighted by atomic mass is 9.93. The number of nitrogens with one attached hydrogen (secondary N) is 4. The van der Waals surface area contributed by atoms with Gasteiger partial charge in [0.25, 0.3) is 0 Å². The number of imidazole rings is 1. The maximum atomic E-state index is 13.3. The zero-order valence-electron chi connectivity index (χ0n) is 18.7. The van der Waals surface area contributed by atoms with Crippen LogP contribution < -0.4 is 20.1 Å². The van der Waals surface area contributed by atoms with Crippen molar-refractivity contribution in [2.75, 3.05) is 31.1 Å². The predicted octanol–water partition coefficient (Wildman–Crippen LogP) is -0.739. The van der Waals surface area contributed by atoms with Gasteiger partial charge in [0.05, 0.1) is 11.9 Å². The Bertz CT molecular complexity index is 1380. The molecule has 1 atom stereocenters. The highest BCUT2D eigenvalue weighted by Crippen LogP contribution is 2.40. The number of tetrazole rings is 1. The summed E-state index contributed by atoms with van der Waals surface area (Å²) in [5, 5.41) is 22.5. The summed E-state index contributed by atoms with van der Waals surface area (Å²) in [4.78, 5) is 8.22. The van der Waals surface area contributed by atoms with E-state index < -0.39 is 29.8 Å². The van der Waals surface area contributed by atoms with Crippen molar-refractivity contribution in [2.24, 2.45) is 5.14 Å². The number of nitrogens with zero attached hydrogens (tertiary/aromatic N) is 5. The second-order valence-electron chi connectivity index (χ2n) is 8.65. The van der Waals surface area contributed by atoms with Crippen LogP contribution in [0, 0.1) is 0 Å². The molecule has 3 aromatic rings. The third-order valence-electron chi connectivity index (χ3n) is 6.42. The van der Waals surface area contributed by atoms with Crippen LogP contribution in [0.15, 0.2) is 34.4 Å². The van der Waals surface area contributed by atoms with Gasteiger partial charge in [-0.05, 0) is 43.2 Å². The first-order valence-electron chi connectivity index (χ1n) is 11.1. The molecule has 14 nitrogen and oxygen atoms in total. The summed E-state index contributed by atoms with van der Waals surface area (Å²) in [7, 11) is -8.73. The number of aromatic amines is 2. The van der Waals surface area contributed by atoms with Crippen LogP contribution in [0.25, 0.3) is 11.4 Å². The smallest absolute Gasteiger partial charge is 0.242 e. The van der Waals surface area contributed by atoms with Crippen molar-refractivity contribution in [3.63, 3.8) is 0 Å². The third-order valence-corrected chi connectivity index (χ3v) is 9.10. The van der Waals surface area contributed by atoms with Crippen LogP contribution in [0.1, 0.15) is 30.9 Å². The molecule has 5 rings (SSSR count). The average molecular weight is 523 g/mol. The number of piperidine rings is 1. The number of hydrogen-bond donors (Lipinski definition) is 5. The monoisotopic (exact) mass is 522 g/mol. The summed E-state index contributed by atoms with van der Waals surface area (Å²) < 4.78 is 54.9. The van der Waals surface area contributed by atoms with Crippen molar-refractivity contribution in [3.05, 3.63) is 30.4 Å². The van der Waals surface area contributed by atoms with Gasteiger partial charge in [-0.3, -0.25) is 0 Å². The number of H-pyrrole nitrogens is 2. The molecule has 0 amide bonds. The van der Waals surface area contributed by atoms with E-state index >= 15 is 0 Å². The van der Waals surface area contributed by atoms with Crippen LogP contribution in [0.4, 0.5) is 5.69 Å². The molecular formula is C19H26N10O4S2. The minimum absolute atomic E-state index is 0.00802. The molecule has 2 saturated heterocycles.